The van der Waals surface area contributed by atoms with E-state index >= 15 is 0 Å². The number of aromatic nitrogens is 3. The lowest BCUT2D eigenvalue weighted by Crippen LogP contribution is -2.33. The van der Waals surface area contributed by atoms with Gasteiger partial charge in [-0.2, -0.15) is 9.78 Å². The summed E-state index contributed by atoms with van der Waals surface area (Å²) in [7, 11) is 0. The number of carbonyl (C=O) groups excluding carboxylic acids is 1. The number of hydrogen-bond donors (Lipinski definition) is 2. The molecular formula is C24H24N6O. The van der Waals surface area contributed by atoms with Crippen molar-refractivity contribution in [1.82, 2.24) is 20.0 Å². The molecule has 2 aromatic heterocycles. The molecular weight excluding hydrogens is 388 g/mol. The van der Waals surface area contributed by atoms with Crippen LogP contribution in [0.3, 0.4) is 0 Å². The van der Waals surface area contributed by atoms with E-state index in [0.29, 0.717) is 22.2 Å². The number of fused-ring (bicyclic) bond motifs is 2. The highest BCUT2D eigenvalue weighted by Crippen LogP contribution is 2.28. The fraction of sp³-hybridized carbons (Fsp3) is 0.250. The van der Waals surface area contributed by atoms with Crippen molar-refractivity contribution >= 4 is 40.1 Å². The molecule has 1 aliphatic rings. The lowest BCUT2D eigenvalue weighted by atomic mass is 10.2. The van der Waals surface area contributed by atoms with Crippen molar-refractivity contribution in [3.8, 4) is 0 Å². The van der Waals surface area contributed by atoms with Gasteiger partial charge in [0.25, 0.3) is 5.91 Å². The van der Waals surface area contributed by atoms with Crippen LogP contribution in [0.25, 0.3) is 22.2 Å². The number of nitrogens with zero attached hydrogens (tertiary/aromatic N) is 4. The summed E-state index contributed by atoms with van der Waals surface area (Å²) in [5, 5.41) is 7.68. The van der Waals surface area contributed by atoms with Gasteiger partial charge in [0.1, 0.15) is 16.9 Å². The molecule has 5 rings (SSSR count). The first-order valence-electron chi connectivity index (χ1n) is 10.6. The Balaban J connectivity index is 1.64. The van der Waals surface area contributed by atoms with Crippen molar-refractivity contribution in [2.45, 2.75) is 38.6 Å². The molecule has 0 aliphatic heterocycles. The number of carbonyl (C=O) groups is 1. The molecule has 31 heavy (non-hydrogen) atoms. The van der Waals surface area contributed by atoms with Crippen LogP contribution in [0.15, 0.2) is 53.6 Å². The third kappa shape index (κ3) is 3.63. The van der Waals surface area contributed by atoms with Crippen LogP contribution >= 0.6 is 0 Å². The number of para-hydroxylation sites is 2. The predicted octanol–water partition coefficient (Wildman–Crippen LogP) is 4.03. The summed E-state index contributed by atoms with van der Waals surface area (Å²) in [4.78, 5) is 22.6. The number of hydrogen-bond acceptors (Lipinski definition) is 5. The largest absolute Gasteiger partial charge is 0.383 e. The fourth-order valence-corrected chi connectivity index (χ4v) is 4.09. The average Bonchev–Trinajstić information content (AvgIpc) is 3.37. The number of nitrogens with one attached hydrogen (secondary N) is 1. The van der Waals surface area contributed by atoms with Crippen LogP contribution in [0.5, 0.6) is 0 Å². The Labute approximate surface area is 180 Å². The lowest BCUT2D eigenvalue weighted by molar-refractivity contribution is 0.0940. The predicted molar refractivity (Wildman–Crippen MR) is 123 cm³/mol. The van der Waals surface area contributed by atoms with Crippen LogP contribution in [0.4, 0.5) is 5.82 Å². The quantitative estimate of drug-likeness (QED) is 0.495. The molecule has 1 amide bonds. The summed E-state index contributed by atoms with van der Waals surface area (Å²) in [6.45, 7) is 2.04. The smallest absolute Gasteiger partial charge is 0.257 e. The maximum absolute atomic E-state index is 13.2. The molecule has 7 heteroatoms. The molecule has 0 unspecified atom stereocenters. The standard InChI is InChI=1S/C24H24N6O/c1-15-10-12-16(13-11-15)14-26-30-22(25)20(24(31)27-17-6-2-3-7-17)21-23(30)29-19-9-5-4-8-18(19)28-21/h4-5,8-14,17H,2-3,6-7,25H2,1H3,(H,27,31)/b26-14+. The van der Waals surface area contributed by atoms with E-state index in [0.717, 1.165) is 36.8 Å². The first-order chi connectivity index (χ1) is 15.1. The highest BCUT2D eigenvalue weighted by atomic mass is 16.1. The monoisotopic (exact) mass is 412 g/mol. The summed E-state index contributed by atoms with van der Waals surface area (Å²) < 4.78 is 1.51. The molecule has 0 atom stereocenters. The normalized spacial score (nSPS) is 14.7. The van der Waals surface area contributed by atoms with Gasteiger partial charge in [0.05, 0.1) is 17.2 Å². The summed E-state index contributed by atoms with van der Waals surface area (Å²) in [6.07, 6.45) is 5.96. The second-order valence-corrected chi connectivity index (χ2v) is 8.07. The maximum Gasteiger partial charge on any atom is 0.257 e. The van der Waals surface area contributed by atoms with Crippen LogP contribution in [0, 0.1) is 6.92 Å². The summed E-state index contributed by atoms with van der Waals surface area (Å²) in [5.41, 5.74) is 11.3. The Morgan fingerprint density at radius 1 is 1.10 bits per heavy atom. The van der Waals surface area contributed by atoms with Gasteiger partial charge in [-0.3, -0.25) is 4.79 Å². The van der Waals surface area contributed by atoms with E-state index in [1.807, 2.05) is 55.5 Å². The zero-order valence-electron chi connectivity index (χ0n) is 17.4. The Bertz CT molecular complexity index is 1300. The number of nitrogen functional groups attached to an aromatic ring is 1. The average molecular weight is 412 g/mol. The van der Waals surface area contributed by atoms with Gasteiger partial charge in [0, 0.05) is 6.04 Å². The van der Waals surface area contributed by atoms with E-state index in [1.165, 1.54) is 10.2 Å². The molecule has 0 radical (unpaired) electrons. The highest BCUT2D eigenvalue weighted by molar-refractivity contribution is 6.10. The van der Waals surface area contributed by atoms with Crippen molar-refractivity contribution in [2.24, 2.45) is 5.10 Å². The van der Waals surface area contributed by atoms with Gasteiger partial charge >= 0.3 is 0 Å². The Morgan fingerprint density at radius 2 is 1.77 bits per heavy atom. The zero-order valence-corrected chi connectivity index (χ0v) is 17.4. The van der Waals surface area contributed by atoms with Crippen molar-refractivity contribution in [2.75, 3.05) is 5.73 Å². The van der Waals surface area contributed by atoms with Gasteiger partial charge in [-0.05, 0) is 37.5 Å². The minimum atomic E-state index is -0.219. The van der Waals surface area contributed by atoms with Crippen LogP contribution in [0.1, 0.15) is 47.2 Å². The Hall–Kier alpha value is -3.74. The first kappa shape index (κ1) is 19.2. The number of rotatable bonds is 4. The van der Waals surface area contributed by atoms with Crippen LogP contribution in [0.2, 0.25) is 0 Å². The minimum Gasteiger partial charge on any atom is -0.383 e. The summed E-state index contributed by atoms with van der Waals surface area (Å²) >= 11 is 0. The lowest BCUT2D eigenvalue weighted by Gasteiger charge is -2.11. The van der Waals surface area contributed by atoms with Crippen molar-refractivity contribution < 1.29 is 4.79 Å². The molecule has 0 bridgehead atoms. The van der Waals surface area contributed by atoms with E-state index in [9.17, 15) is 4.79 Å². The van der Waals surface area contributed by atoms with Crippen LogP contribution in [-0.4, -0.2) is 32.8 Å². The number of benzene rings is 2. The molecule has 2 heterocycles. The van der Waals surface area contributed by atoms with E-state index in [-0.39, 0.29) is 17.8 Å². The first-order valence-corrected chi connectivity index (χ1v) is 10.6. The molecule has 0 spiro atoms. The molecule has 4 aromatic rings. The third-order valence-electron chi connectivity index (χ3n) is 5.79. The van der Waals surface area contributed by atoms with E-state index in [2.05, 4.69) is 10.4 Å². The van der Waals surface area contributed by atoms with Crippen molar-refractivity contribution in [1.29, 1.82) is 0 Å². The number of nitrogens with two attached hydrogens (primary N) is 1. The molecule has 0 saturated heterocycles. The van der Waals surface area contributed by atoms with Crippen LogP contribution in [-0.2, 0) is 0 Å². The van der Waals surface area contributed by atoms with Gasteiger partial charge in [-0.15, -0.1) is 0 Å². The Kier molecular flexibility index (Phi) is 4.86. The van der Waals surface area contributed by atoms with E-state index < -0.39 is 0 Å². The molecule has 1 saturated carbocycles. The number of amides is 1. The van der Waals surface area contributed by atoms with Gasteiger partial charge in [0.15, 0.2) is 5.65 Å². The summed E-state index contributed by atoms with van der Waals surface area (Å²) in [6, 6.07) is 15.7. The van der Waals surface area contributed by atoms with Gasteiger partial charge in [-0.25, -0.2) is 9.97 Å². The number of aryl methyl sites for hydroxylation is 1. The van der Waals surface area contributed by atoms with Gasteiger partial charge in [-0.1, -0.05) is 54.8 Å². The van der Waals surface area contributed by atoms with Gasteiger partial charge in [0.2, 0.25) is 0 Å². The highest BCUT2D eigenvalue weighted by Gasteiger charge is 2.26. The molecule has 1 aliphatic carbocycles. The van der Waals surface area contributed by atoms with Crippen LogP contribution < -0.4 is 11.1 Å². The molecule has 1 fully saturated rings. The number of anilines is 1. The molecule has 3 N–H and O–H groups in total. The Morgan fingerprint density at radius 3 is 2.48 bits per heavy atom. The molecule has 156 valence electrons. The summed E-state index contributed by atoms with van der Waals surface area (Å²) in [5.74, 6) is 0.0208. The van der Waals surface area contributed by atoms with E-state index in [1.54, 1.807) is 6.21 Å². The topological polar surface area (TPSA) is 98.2 Å². The fourth-order valence-electron chi connectivity index (χ4n) is 4.09. The zero-order chi connectivity index (χ0) is 21.4. The molecule has 7 nitrogen and oxygen atoms in total. The second-order valence-electron chi connectivity index (χ2n) is 8.07. The SMILES string of the molecule is Cc1ccc(/C=N/n2c(N)c(C(=O)NC3CCCC3)c3nc4ccccc4nc32)cc1. The van der Waals surface area contributed by atoms with Gasteiger partial charge < -0.3 is 11.1 Å². The van der Waals surface area contributed by atoms with E-state index in [4.69, 9.17) is 15.7 Å². The second kappa shape index (κ2) is 7.83. The molecule has 2 aromatic carbocycles. The van der Waals surface area contributed by atoms with Crippen molar-refractivity contribution in [3.63, 3.8) is 0 Å². The minimum absolute atomic E-state index is 0.176. The third-order valence-corrected chi connectivity index (χ3v) is 5.79. The van der Waals surface area contributed by atoms with Crippen molar-refractivity contribution in [3.05, 3.63) is 65.2 Å². The maximum atomic E-state index is 13.2.